The van der Waals surface area contributed by atoms with Crippen LogP contribution in [0, 0.1) is 0 Å². The quantitative estimate of drug-likeness (QED) is 0.450. The normalized spacial score (nSPS) is 10.4. The number of halogens is 1. The third kappa shape index (κ3) is 2.69. The molecule has 0 saturated heterocycles. The fraction of sp³-hybridized carbons (Fsp3) is 0. The third-order valence-corrected chi connectivity index (χ3v) is 1.63. The Bertz CT molecular complexity index is 245. The monoisotopic (exact) mass is 214 g/mol. The van der Waals surface area contributed by atoms with Crippen molar-refractivity contribution >= 4 is 28.0 Å². The summed E-state index contributed by atoms with van der Waals surface area (Å²) >= 11 is 3.30. The average Bonchev–Trinajstić information content (AvgIpc) is 2.04. The molecular formula is C7H7BrN2O. The second-order valence-corrected chi connectivity index (χ2v) is 2.78. The third-order valence-electron chi connectivity index (χ3n) is 1.10. The minimum Gasteiger partial charge on any atom is -0.290 e. The standard InChI is InChI=1S/C7H7BrN2O/c8-6-1-3-7(4-2-6)9-5-10-11/h1-5,11H,(H,9,10). The maximum absolute atomic E-state index is 8.17. The molecule has 0 spiro atoms. The molecule has 2 N–H and O–H groups in total. The van der Waals surface area contributed by atoms with Crippen LogP contribution in [-0.4, -0.2) is 11.5 Å². The number of nitrogens with zero attached hydrogens (tertiary/aromatic N) is 1. The molecule has 0 heterocycles. The van der Waals surface area contributed by atoms with E-state index < -0.39 is 0 Å². The zero-order valence-electron chi connectivity index (χ0n) is 5.66. The van der Waals surface area contributed by atoms with Gasteiger partial charge >= 0.3 is 0 Å². The summed E-state index contributed by atoms with van der Waals surface area (Å²) in [7, 11) is 0. The summed E-state index contributed by atoms with van der Waals surface area (Å²) in [5.41, 5.74) is 2.61. The van der Waals surface area contributed by atoms with Crippen molar-refractivity contribution in [3.05, 3.63) is 28.7 Å². The summed E-state index contributed by atoms with van der Waals surface area (Å²) in [6.07, 6.45) is 1.21. The summed E-state index contributed by atoms with van der Waals surface area (Å²) in [5, 5.41) is 8.17. The first-order chi connectivity index (χ1) is 5.33. The highest BCUT2D eigenvalue weighted by Crippen LogP contribution is 2.15. The first kappa shape index (κ1) is 8.23. The van der Waals surface area contributed by atoms with Crippen LogP contribution in [0.3, 0.4) is 0 Å². The lowest BCUT2D eigenvalue weighted by molar-refractivity contribution is 0.240. The van der Waals surface area contributed by atoms with Crippen molar-refractivity contribution in [2.75, 3.05) is 0 Å². The smallest absolute Gasteiger partial charge is 0.113 e. The van der Waals surface area contributed by atoms with E-state index in [9.17, 15) is 0 Å². The maximum Gasteiger partial charge on any atom is 0.113 e. The number of hydroxylamine groups is 1. The highest BCUT2D eigenvalue weighted by Gasteiger charge is 1.86. The molecule has 3 nitrogen and oxygen atoms in total. The molecule has 4 heteroatoms. The lowest BCUT2D eigenvalue weighted by Gasteiger charge is -1.92. The molecule has 0 atom stereocenters. The molecule has 0 aliphatic heterocycles. The van der Waals surface area contributed by atoms with Crippen LogP contribution in [0.25, 0.3) is 0 Å². The Kier molecular flexibility index (Phi) is 3.07. The molecular weight excluding hydrogens is 208 g/mol. The number of nitrogens with one attached hydrogen (secondary N) is 1. The molecule has 0 aliphatic rings. The van der Waals surface area contributed by atoms with Crippen molar-refractivity contribution < 1.29 is 5.21 Å². The van der Waals surface area contributed by atoms with Gasteiger partial charge in [0.25, 0.3) is 0 Å². The van der Waals surface area contributed by atoms with Gasteiger partial charge in [0.1, 0.15) is 6.34 Å². The largest absolute Gasteiger partial charge is 0.290 e. The summed E-state index contributed by atoms with van der Waals surface area (Å²) in [4.78, 5) is 3.86. The molecule has 0 aromatic heterocycles. The van der Waals surface area contributed by atoms with E-state index in [0.29, 0.717) is 0 Å². The van der Waals surface area contributed by atoms with Crippen molar-refractivity contribution in [2.45, 2.75) is 0 Å². The van der Waals surface area contributed by atoms with Crippen LogP contribution < -0.4 is 5.48 Å². The van der Waals surface area contributed by atoms with E-state index in [4.69, 9.17) is 5.21 Å². The lowest BCUT2D eigenvalue weighted by Crippen LogP contribution is -2.00. The van der Waals surface area contributed by atoms with Gasteiger partial charge < -0.3 is 0 Å². The molecule has 0 bridgehead atoms. The van der Waals surface area contributed by atoms with E-state index in [2.05, 4.69) is 20.9 Å². The van der Waals surface area contributed by atoms with Crippen molar-refractivity contribution in [1.29, 1.82) is 0 Å². The number of hydrogen-bond donors (Lipinski definition) is 2. The van der Waals surface area contributed by atoms with E-state index in [0.717, 1.165) is 10.2 Å². The van der Waals surface area contributed by atoms with Gasteiger partial charge in [-0.3, -0.25) is 10.7 Å². The van der Waals surface area contributed by atoms with Crippen LogP contribution in [0.5, 0.6) is 0 Å². The van der Waals surface area contributed by atoms with E-state index >= 15 is 0 Å². The van der Waals surface area contributed by atoms with Crippen LogP contribution in [0.2, 0.25) is 0 Å². The fourth-order valence-corrected chi connectivity index (χ4v) is 0.895. The highest BCUT2D eigenvalue weighted by molar-refractivity contribution is 9.10. The molecule has 0 unspecified atom stereocenters. The first-order valence-corrected chi connectivity index (χ1v) is 3.80. The summed E-state index contributed by atoms with van der Waals surface area (Å²) < 4.78 is 1.01. The summed E-state index contributed by atoms with van der Waals surface area (Å²) in [6.45, 7) is 0. The van der Waals surface area contributed by atoms with Gasteiger partial charge in [0.15, 0.2) is 0 Å². The summed E-state index contributed by atoms with van der Waals surface area (Å²) in [6, 6.07) is 7.42. The molecule has 0 radical (unpaired) electrons. The average molecular weight is 215 g/mol. The van der Waals surface area contributed by atoms with E-state index in [1.165, 1.54) is 6.34 Å². The Hall–Kier alpha value is -0.870. The van der Waals surface area contributed by atoms with Gasteiger partial charge in [-0.05, 0) is 24.3 Å². The number of benzene rings is 1. The molecule has 0 amide bonds. The van der Waals surface area contributed by atoms with Crippen molar-refractivity contribution in [3.8, 4) is 0 Å². The zero-order chi connectivity index (χ0) is 8.10. The molecule has 1 aromatic carbocycles. The Morgan fingerprint density at radius 3 is 2.55 bits per heavy atom. The van der Waals surface area contributed by atoms with Crippen LogP contribution in [0.4, 0.5) is 5.69 Å². The molecule has 1 aromatic rings. The van der Waals surface area contributed by atoms with Gasteiger partial charge in [-0.1, -0.05) is 15.9 Å². The van der Waals surface area contributed by atoms with E-state index in [1.54, 1.807) is 0 Å². The Balaban J connectivity index is 2.73. The van der Waals surface area contributed by atoms with Gasteiger partial charge in [-0.2, -0.15) is 0 Å². The lowest BCUT2D eigenvalue weighted by atomic mass is 10.3. The highest BCUT2D eigenvalue weighted by atomic mass is 79.9. The number of rotatable bonds is 2. The second-order valence-electron chi connectivity index (χ2n) is 1.86. The minimum absolute atomic E-state index is 0.787. The minimum atomic E-state index is 0.787. The molecule has 11 heavy (non-hydrogen) atoms. The van der Waals surface area contributed by atoms with Gasteiger partial charge in [0.05, 0.1) is 5.69 Å². The molecule has 58 valence electrons. The molecule has 1 rings (SSSR count). The maximum atomic E-state index is 8.17. The van der Waals surface area contributed by atoms with Gasteiger partial charge in [-0.25, -0.2) is 4.99 Å². The van der Waals surface area contributed by atoms with Crippen molar-refractivity contribution in [1.82, 2.24) is 5.48 Å². The first-order valence-electron chi connectivity index (χ1n) is 3.00. The van der Waals surface area contributed by atoms with Gasteiger partial charge in [0, 0.05) is 4.47 Å². The number of aliphatic imine (C=N–C) groups is 1. The van der Waals surface area contributed by atoms with Crippen molar-refractivity contribution in [2.24, 2.45) is 4.99 Å². The molecule has 0 aliphatic carbocycles. The van der Waals surface area contributed by atoms with Crippen LogP contribution >= 0.6 is 15.9 Å². The Morgan fingerprint density at radius 2 is 2.00 bits per heavy atom. The van der Waals surface area contributed by atoms with E-state index in [-0.39, 0.29) is 0 Å². The van der Waals surface area contributed by atoms with Crippen molar-refractivity contribution in [3.63, 3.8) is 0 Å². The Morgan fingerprint density at radius 1 is 1.36 bits per heavy atom. The van der Waals surface area contributed by atoms with Gasteiger partial charge in [-0.15, -0.1) is 0 Å². The summed E-state index contributed by atoms with van der Waals surface area (Å²) in [5.74, 6) is 0. The fourth-order valence-electron chi connectivity index (χ4n) is 0.631. The second kappa shape index (κ2) is 4.10. The number of hydrogen-bond acceptors (Lipinski definition) is 2. The Labute approximate surface area is 72.9 Å². The predicted molar refractivity (Wildman–Crippen MR) is 47.2 cm³/mol. The molecule has 0 saturated carbocycles. The SMILES string of the molecule is ONC=Nc1ccc(Br)cc1. The topological polar surface area (TPSA) is 44.6 Å². The molecule has 0 fully saturated rings. The van der Waals surface area contributed by atoms with E-state index in [1.807, 2.05) is 29.7 Å². The van der Waals surface area contributed by atoms with Crippen LogP contribution in [0.1, 0.15) is 0 Å². The van der Waals surface area contributed by atoms with Gasteiger partial charge in [0.2, 0.25) is 0 Å². The zero-order valence-corrected chi connectivity index (χ0v) is 7.25. The predicted octanol–water partition coefficient (Wildman–Crippen LogP) is 2.09. The van der Waals surface area contributed by atoms with Crippen LogP contribution in [0.15, 0.2) is 33.7 Å². The van der Waals surface area contributed by atoms with Crippen LogP contribution in [-0.2, 0) is 0 Å².